The highest BCUT2D eigenvalue weighted by Crippen LogP contribution is 2.16. The van der Waals surface area contributed by atoms with Crippen molar-refractivity contribution in [2.75, 3.05) is 36.8 Å². The number of urea groups is 1. The first-order valence-electron chi connectivity index (χ1n) is 14.5. The van der Waals surface area contributed by atoms with Crippen molar-refractivity contribution >= 4 is 47.0 Å². The molecule has 1 atom stereocenters. The van der Waals surface area contributed by atoms with E-state index in [0.29, 0.717) is 30.0 Å². The maximum absolute atomic E-state index is 13.1. The number of aliphatic carboxylic acids is 1. The standard InChI is InChI=1S/C31H40N6O7/c1-20(2)37(25(17-29(41)42)30(43)33-18-27(39)36-14-6-7-15-36)28(40)19-32-26(38)16-22-10-12-23(13-11-22)34-31(44)35-24-9-5-4-8-21(24)3/h4-5,8-13,20,25H,6-7,14-19H2,1-3H3,(H,32,38)(H,33,43)(H,41,42)(H2,34,35,44)/t25-/m0/s1. The van der Waals surface area contributed by atoms with Crippen LogP contribution in [0.1, 0.15) is 44.2 Å². The second kappa shape index (κ2) is 16.1. The average Bonchev–Trinajstić information content (AvgIpc) is 3.51. The summed E-state index contributed by atoms with van der Waals surface area (Å²) in [7, 11) is 0. The van der Waals surface area contributed by atoms with Crippen LogP contribution in [0.25, 0.3) is 0 Å². The van der Waals surface area contributed by atoms with Crippen molar-refractivity contribution in [3.8, 4) is 0 Å². The van der Waals surface area contributed by atoms with Gasteiger partial charge in [-0.05, 0) is 62.9 Å². The number of benzene rings is 2. The van der Waals surface area contributed by atoms with Gasteiger partial charge in [0.05, 0.1) is 25.9 Å². The molecule has 0 unspecified atom stereocenters. The van der Waals surface area contributed by atoms with Crippen molar-refractivity contribution in [2.24, 2.45) is 0 Å². The summed E-state index contributed by atoms with van der Waals surface area (Å²) in [6.45, 7) is 5.62. The summed E-state index contributed by atoms with van der Waals surface area (Å²) < 4.78 is 0. The van der Waals surface area contributed by atoms with E-state index < -0.39 is 54.8 Å². The molecule has 2 aromatic rings. The normalized spacial score (nSPS) is 13.1. The van der Waals surface area contributed by atoms with Crippen LogP contribution in [0, 0.1) is 6.92 Å². The number of hydrogen-bond donors (Lipinski definition) is 5. The third kappa shape index (κ3) is 10.1. The van der Waals surface area contributed by atoms with Gasteiger partial charge in [-0.3, -0.25) is 24.0 Å². The van der Waals surface area contributed by atoms with E-state index in [2.05, 4.69) is 21.3 Å². The molecule has 13 heteroatoms. The molecule has 13 nitrogen and oxygen atoms in total. The smallest absolute Gasteiger partial charge is 0.323 e. The van der Waals surface area contributed by atoms with E-state index >= 15 is 0 Å². The van der Waals surface area contributed by atoms with Gasteiger partial charge in [0.25, 0.3) is 0 Å². The minimum atomic E-state index is -1.37. The maximum Gasteiger partial charge on any atom is 0.323 e. The molecule has 0 saturated carbocycles. The van der Waals surface area contributed by atoms with Crippen LogP contribution < -0.4 is 21.3 Å². The van der Waals surface area contributed by atoms with E-state index in [9.17, 15) is 33.9 Å². The summed E-state index contributed by atoms with van der Waals surface area (Å²) in [6.07, 6.45) is 1.06. The Bertz CT molecular complexity index is 1360. The van der Waals surface area contributed by atoms with Gasteiger partial charge in [0.15, 0.2) is 0 Å². The monoisotopic (exact) mass is 608 g/mol. The molecule has 44 heavy (non-hydrogen) atoms. The number of carboxylic acids is 1. The molecule has 0 aromatic heterocycles. The van der Waals surface area contributed by atoms with Crippen molar-refractivity contribution in [2.45, 2.75) is 58.5 Å². The first-order valence-corrected chi connectivity index (χ1v) is 14.5. The lowest BCUT2D eigenvalue weighted by atomic mass is 10.1. The van der Waals surface area contributed by atoms with Crippen molar-refractivity contribution in [1.29, 1.82) is 0 Å². The summed E-state index contributed by atoms with van der Waals surface area (Å²) >= 11 is 0. The Hall–Kier alpha value is -4.94. The average molecular weight is 609 g/mol. The SMILES string of the molecule is Cc1ccccc1NC(=O)Nc1ccc(CC(=O)NCC(=O)N(C(C)C)[C@@H](CC(=O)O)C(=O)NCC(=O)N2CCCC2)cc1. The van der Waals surface area contributed by atoms with Crippen LogP contribution >= 0.6 is 0 Å². The maximum atomic E-state index is 13.1. The molecule has 0 radical (unpaired) electrons. The molecule has 1 saturated heterocycles. The van der Waals surface area contributed by atoms with Crippen LogP contribution in [0.3, 0.4) is 0 Å². The fourth-order valence-electron chi connectivity index (χ4n) is 4.88. The number of carboxylic acid groups (broad SMARTS) is 1. The number of aryl methyl sites for hydroxylation is 1. The summed E-state index contributed by atoms with van der Waals surface area (Å²) in [5.74, 6) is -3.41. The van der Waals surface area contributed by atoms with Crippen LogP contribution in [-0.4, -0.2) is 88.8 Å². The number of nitrogens with one attached hydrogen (secondary N) is 4. The number of para-hydroxylation sites is 1. The largest absolute Gasteiger partial charge is 0.481 e. The Kier molecular flexibility index (Phi) is 12.2. The van der Waals surface area contributed by atoms with E-state index in [1.807, 2.05) is 25.1 Å². The van der Waals surface area contributed by atoms with Crippen LogP contribution in [0.5, 0.6) is 0 Å². The first kappa shape index (κ1) is 33.6. The van der Waals surface area contributed by atoms with Crippen LogP contribution in [0.15, 0.2) is 48.5 Å². The first-order chi connectivity index (χ1) is 20.9. The van der Waals surface area contributed by atoms with E-state index in [-0.39, 0.29) is 18.9 Å². The van der Waals surface area contributed by atoms with Gasteiger partial charge in [-0.1, -0.05) is 30.3 Å². The third-order valence-electron chi connectivity index (χ3n) is 7.13. The molecule has 0 spiro atoms. The molecule has 1 heterocycles. The quantitative estimate of drug-likeness (QED) is 0.231. The number of rotatable bonds is 13. The lowest BCUT2D eigenvalue weighted by Crippen LogP contribution is -2.56. The fraction of sp³-hybridized carbons (Fsp3) is 0.419. The van der Waals surface area contributed by atoms with Crippen LogP contribution in [-0.2, 0) is 30.4 Å². The minimum absolute atomic E-state index is 0.0533. The number of nitrogens with zero attached hydrogens (tertiary/aromatic N) is 2. The zero-order valence-electron chi connectivity index (χ0n) is 25.2. The summed E-state index contributed by atoms with van der Waals surface area (Å²) in [5.41, 5.74) is 2.76. The molecule has 1 aliphatic heterocycles. The van der Waals surface area contributed by atoms with E-state index in [1.54, 1.807) is 49.1 Å². The number of carbonyl (C=O) groups excluding carboxylic acids is 5. The van der Waals surface area contributed by atoms with Gasteiger partial charge in [0.2, 0.25) is 23.6 Å². The molecule has 3 rings (SSSR count). The molecule has 0 bridgehead atoms. The third-order valence-corrected chi connectivity index (χ3v) is 7.13. The number of amides is 6. The molecular formula is C31H40N6O7. The number of carbonyl (C=O) groups is 6. The van der Waals surface area contributed by atoms with Crippen molar-refractivity contribution < 1.29 is 33.9 Å². The molecule has 2 aromatic carbocycles. The van der Waals surface area contributed by atoms with Crippen LogP contribution in [0.2, 0.25) is 0 Å². The Morgan fingerprint density at radius 1 is 0.886 bits per heavy atom. The van der Waals surface area contributed by atoms with Gasteiger partial charge in [-0.15, -0.1) is 0 Å². The number of anilines is 2. The summed E-state index contributed by atoms with van der Waals surface area (Å²) in [5, 5.41) is 19.9. The Labute approximate surface area is 256 Å². The Balaban J connectivity index is 1.53. The van der Waals surface area contributed by atoms with Gasteiger partial charge < -0.3 is 36.2 Å². The molecular weight excluding hydrogens is 568 g/mol. The zero-order chi connectivity index (χ0) is 32.2. The van der Waals surface area contributed by atoms with E-state index in [4.69, 9.17) is 0 Å². The molecule has 1 fully saturated rings. The Morgan fingerprint density at radius 3 is 2.16 bits per heavy atom. The Morgan fingerprint density at radius 2 is 1.55 bits per heavy atom. The van der Waals surface area contributed by atoms with E-state index in [0.717, 1.165) is 23.3 Å². The minimum Gasteiger partial charge on any atom is -0.481 e. The summed E-state index contributed by atoms with van der Waals surface area (Å²) in [4.78, 5) is 77.7. The van der Waals surface area contributed by atoms with Gasteiger partial charge in [-0.2, -0.15) is 0 Å². The highest BCUT2D eigenvalue weighted by Gasteiger charge is 2.34. The second-order valence-corrected chi connectivity index (χ2v) is 10.9. The molecule has 5 N–H and O–H groups in total. The highest BCUT2D eigenvalue weighted by molar-refractivity contribution is 6.00. The molecule has 0 aliphatic carbocycles. The molecule has 236 valence electrons. The van der Waals surface area contributed by atoms with Gasteiger partial charge >= 0.3 is 12.0 Å². The highest BCUT2D eigenvalue weighted by atomic mass is 16.4. The number of likely N-dealkylation sites (tertiary alicyclic amines) is 1. The lowest BCUT2D eigenvalue weighted by molar-refractivity contribution is -0.148. The lowest BCUT2D eigenvalue weighted by Gasteiger charge is -2.33. The van der Waals surface area contributed by atoms with Gasteiger partial charge in [0, 0.05) is 30.5 Å². The van der Waals surface area contributed by atoms with Crippen LogP contribution in [0.4, 0.5) is 16.2 Å². The van der Waals surface area contributed by atoms with E-state index in [1.165, 1.54) is 0 Å². The van der Waals surface area contributed by atoms with Gasteiger partial charge in [0.1, 0.15) is 6.04 Å². The molecule has 1 aliphatic rings. The van der Waals surface area contributed by atoms with Crippen molar-refractivity contribution in [3.05, 3.63) is 59.7 Å². The number of hydrogen-bond acceptors (Lipinski definition) is 6. The zero-order valence-corrected chi connectivity index (χ0v) is 25.2. The fourth-order valence-corrected chi connectivity index (χ4v) is 4.88. The summed E-state index contributed by atoms with van der Waals surface area (Å²) in [6, 6.07) is 11.7. The predicted octanol–water partition coefficient (Wildman–Crippen LogP) is 2.12. The predicted molar refractivity (Wildman–Crippen MR) is 164 cm³/mol. The van der Waals surface area contributed by atoms with Crippen molar-refractivity contribution in [3.63, 3.8) is 0 Å². The van der Waals surface area contributed by atoms with Crippen molar-refractivity contribution in [1.82, 2.24) is 20.4 Å². The second-order valence-electron chi connectivity index (χ2n) is 10.9. The topological polar surface area (TPSA) is 177 Å². The molecule has 6 amide bonds. The van der Waals surface area contributed by atoms with Gasteiger partial charge in [-0.25, -0.2) is 4.79 Å².